The number of pyridine rings is 1. The average Bonchev–Trinajstić information content (AvgIpc) is 2.65. The lowest BCUT2D eigenvalue weighted by atomic mass is 9.78. The van der Waals surface area contributed by atoms with Crippen molar-refractivity contribution in [3.63, 3.8) is 0 Å². The number of anilines is 1. The minimum Gasteiger partial charge on any atom is -0.400 e. The quantitative estimate of drug-likeness (QED) is 0.441. The number of nitrogen functional groups attached to an aromatic ring is 1. The lowest BCUT2D eigenvalue weighted by molar-refractivity contribution is 0.00578. The van der Waals surface area contributed by atoms with Gasteiger partial charge in [-0.1, -0.05) is 6.07 Å². The average molecular weight is 291 g/mol. The highest BCUT2D eigenvalue weighted by atomic mass is 16.7. The number of aliphatic hydroxyl groups is 1. The van der Waals surface area contributed by atoms with E-state index in [0.717, 1.165) is 0 Å². The summed E-state index contributed by atoms with van der Waals surface area (Å²) in [4.78, 5) is 4.29. The molecule has 0 saturated carbocycles. The van der Waals surface area contributed by atoms with Gasteiger partial charge in [0.25, 0.3) is 0 Å². The number of hydrogen-bond donors (Lipinski definition) is 3. The lowest BCUT2D eigenvalue weighted by Crippen LogP contribution is -2.41. The highest BCUT2D eigenvalue weighted by Gasteiger charge is 2.52. The van der Waals surface area contributed by atoms with Gasteiger partial charge in [-0.05, 0) is 51.4 Å². The first-order chi connectivity index (χ1) is 9.79. The SMILES string of the molecule is CC1(C)OB(C(=Cc2cccc(NN)n2)CO)OC1(C)C. The summed E-state index contributed by atoms with van der Waals surface area (Å²) in [7, 11) is -0.587. The maximum atomic E-state index is 9.62. The molecule has 1 aliphatic rings. The first-order valence-electron chi connectivity index (χ1n) is 6.90. The van der Waals surface area contributed by atoms with Crippen LogP contribution in [0.5, 0.6) is 0 Å². The van der Waals surface area contributed by atoms with Crippen LogP contribution in [0.2, 0.25) is 0 Å². The fraction of sp³-hybridized carbons (Fsp3) is 0.500. The van der Waals surface area contributed by atoms with Crippen molar-refractivity contribution >= 4 is 19.0 Å². The molecule has 1 fully saturated rings. The fourth-order valence-electron chi connectivity index (χ4n) is 1.98. The molecular weight excluding hydrogens is 269 g/mol. The largest absolute Gasteiger partial charge is 0.492 e. The molecule has 1 aromatic heterocycles. The molecule has 4 N–H and O–H groups in total. The molecule has 0 unspecified atom stereocenters. The molecule has 2 rings (SSSR count). The lowest BCUT2D eigenvalue weighted by Gasteiger charge is -2.32. The van der Waals surface area contributed by atoms with Crippen molar-refractivity contribution in [2.45, 2.75) is 38.9 Å². The highest BCUT2D eigenvalue weighted by Crippen LogP contribution is 2.38. The molecule has 1 saturated heterocycles. The molecule has 1 aromatic rings. The number of nitrogens with zero attached hydrogens (tertiary/aromatic N) is 1. The van der Waals surface area contributed by atoms with Gasteiger partial charge in [-0.25, -0.2) is 10.8 Å². The van der Waals surface area contributed by atoms with Gasteiger partial charge in [0.2, 0.25) is 0 Å². The van der Waals surface area contributed by atoms with Crippen LogP contribution in [0.25, 0.3) is 6.08 Å². The Morgan fingerprint density at radius 3 is 2.48 bits per heavy atom. The molecule has 6 nitrogen and oxygen atoms in total. The Labute approximate surface area is 125 Å². The molecule has 0 aliphatic carbocycles. The van der Waals surface area contributed by atoms with E-state index >= 15 is 0 Å². The second kappa shape index (κ2) is 5.77. The van der Waals surface area contributed by atoms with E-state index in [-0.39, 0.29) is 6.61 Å². The molecule has 2 heterocycles. The summed E-state index contributed by atoms with van der Waals surface area (Å²) in [5, 5.41) is 9.62. The Morgan fingerprint density at radius 1 is 1.33 bits per heavy atom. The van der Waals surface area contributed by atoms with E-state index in [1.54, 1.807) is 12.1 Å². The van der Waals surface area contributed by atoms with E-state index in [0.29, 0.717) is 17.0 Å². The van der Waals surface area contributed by atoms with E-state index in [2.05, 4.69) is 10.4 Å². The number of aromatic nitrogens is 1. The van der Waals surface area contributed by atoms with Gasteiger partial charge in [-0.15, -0.1) is 0 Å². The van der Waals surface area contributed by atoms with Crippen molar-refractivity contribution in [3.8, 4) is 0 Å². The number of aliphatic hydroxyl groups excluding tert-OH is 1. The zero-order chi connectivity index (χ0) is 15.7. The summed E-state index contributed by atoms with van der Waals surface area (Å²) < 4.78 is 11.9. The third-order valence-electron chi connectivity index (χ3n) is 3.99. The molecule has 7 heteroatoms. The summed E-state index contributed by atoms with van der Waals surface area (Å²) in [6, 6.07) is 5.40. The number of nitrogens with one attached hydrogen (secondary N) is 1. The Bertz CT molecular complexity index is 530. The van der Waals surface area contributed by atoms with Crippen molar-refractivity contribution in [2.75, 3.05) is 12.0 Å². The maximum Gasteiger partial charge on any atom is 0.492 e. The molecule has 0 amide bonds. The molecule has 0 bridgehead atoms. The van der Waals surface area contributed by atoms with Crippen molar-refractivity contribution in [1.29, 1.82) is 0 Å². The van der Waals surface area contributed by atoms with E-state index in [1.165, 1.54) is 0 Å². The van der Waals surface area contributed by atoms with Crippen LogP contribution >= 0.6 is 0 Å². The minimum absolute atomic E-state index is 0.168. The van der Waals surface area contributed by atoms with Crippen molar-refractivity contribution in [2.24, 2.45) is 5.84 Å². The first kappa shape index (κ1) is 16.0. The number of hydrogen-bond acceptors (Lipinski definition) is 6. The predicted octanol–water partition coefficient (Wildman–Crippen LogP) is 1.37. The molecule has 0 atom stereocenters. The summed E-state index contributed by atoms with van der Waals surface area (Å²) in [5.41, 5.74) is 2.89. The summed E-state index contributed by atoms with van der Waals surface area (Å²) in [6.45, 7) is 7.72. The topological polar surface area (TPSA) is 89.6 Å². The van der Waals surface area contributed by atoms with Gasteiger partial charge < -0.3 is 19.8 Å². The molecule has 0 aromatic carbocycles. The van der Waals surface area contributed by atoms with E-state index < -0.39 is 18.3 Å². The highest BCUT2D eigenvalue weighted by molar-refractivity contribution is 6.55. The van der Waals surface area contributed by atoms with Crippen LogP contribution in [0.3, 0.4) is 0 Å². The van der Waals surface area contributed by atoms with Gasteiger partial charge in [-0.2, -0.15) is 0 Å². The second-order valence-electron chi connectivity index (χ2n) is 6.06. The van der Waals surface area contributed by atoms with Gasteiger partial charge in [0.15, 0.2) is 0 Å². The van der Waals surface area contributed by atoms with Crippen LogP contribution < -0.4 is 11.3 Å². The van der Waals surface area contributed by atoms with Gasteiger partial charge in [0, 0.05) is 0 Å². The number of nitrogens with two attached hydrogens (primary N) is 1. The Hall–Kier alpha value is -1.41. The zero-order valence-electron chi connectivity index (χ0n) is 12.9. The van der Waals surface area contributed by atoms with Gasteiger partial charge >= 0.3 is 7.12 Å². The van der Waals surface area contributed by atoms with Gasteiger partial charge in [0.05, 0.1) is 23.5 Å². The molecule has 0 spiro atoms. The van der Waals surface area contributed by atoms with E-state index in [4.69, 9.17) is 15.2 Å². The zero-order valence-corrected chi connectivity index (χ0v) is 12.9. The van der Waals surface area contributed by atoms with Crippen LogP contribution in [-0.2, 0) is 9.31 Å². The smallest absolute Gasteiger partial charge is 0.400 e. The molecule has 114 valence electrons. The van der Waals surface area contributed by atoms with E-state index in [1.807, 2.05) is 39.8 Å². The monoisotopic (exact) mass is 291 g/mol. The Balaban J connectivity index is 2.26. The number of rotatable bonds is 4. The fourth-order valence-corrected chi connectivity index (χ4v) is 1.98. The van der Waals surface area contributed by atoms with Crippen LogP contribution in [-0.4, -0.2) is 35.0 Å². The predicted molar refractivity (Wildman–Crippen MR) is 83.2 cm³/mol. The molecule has 21 heavy (non-hydrogen) atoms. The maximum absolute atomic E-state index is 9.62. The van der Waals surface area contributed by atoms with Crippen molar-refractivity contribution in [1.82, 2.24) is 4.98 Å². The molecular formula is C14H22BN3O3. The van der Waals surface area contributed by atoms with Gasteiger partial charge in [0.1, 0.15) is 5.82 Å². The summed E-state index contributed by atoms with van der Waals surface area (Å²) in [5.74, 6) is 5.89. The molecule has 0 radical (unpaired) electrons. The Morgan fingerprint density at radius 2 is 1.95 bits per heavy atom. The van der Waals surface area contributed by atoms with Crippen molar-refractivity contribution in [3.05, 3.63) is 29.4 Å². The third-order valence-corrected chi connectivity index (χ3v) is 3.99. The van der Waals surface area contributed by atoms with Crippen LogP contribution in [0.15, 0.2) is 23.7 Å². The minimum atomic E-state index is -0.587. The molecule has 1 aliphatic heterocycles. The number of hydrazine groups is 1. The van der Waals surface area contributed by atoms with Crippen LogP contribution in [0, 0.1) is 0 Å². The summed E-state index contributed by atoms with van der Waals surface area (Å²) in [6.07, 6.45) is 1.75. The van der Waals surface area contributed by atoms with Crippen LogP contribution in [0.1, 0.15) is 33.4 Å². The standard InChI is InChI=1S/C14H22BN3O3/c1-13(2)14(3,4)21-15(20-13)10(9-19)8-11-6-5-7-12(17-11)18-16/h5-8,19H,9,16H2,1-4H3,(H,17,18). The van der Waals surface area contributed by atoms with E-state index in [9.17, 15) is 5.11 Å². The third kappa shape index (κ3) is 3.27. The van der Waals surface area contributed by atoms with Crippen molar-refractivity contribution < 1.29 is 14.4 Å². The normalized spacial score (nSPS) is 20.7. The second-order valence-corrected chi connectivity index (χ2v) is 6.06. The first-order valence-corrected chi connectivity index (χ1v) is 6.90. The Kier molecular flexibility index (Phi) is 4.39. The van der Waals surface area contributed by atoms with Crippen LogP contribution in [0.4, 0.5) is 5.82 Å². The summed E-state index contributed by atoms with van der Waals surface area (Å²) >= 11 is 0. The van der Waals surface area contributed by atoms with Gasteiger partial charge in [-0.3, -0.25) is 0 Å².